The average Bonchev–Trinajstić information content (AvgIpc) is 2.28. The maximum absolute atomic E-state index is 10.8. The molecule has 62 valence electrons. The van der Waals surface area contributed by atoms with Crippen molar-refractivity contribution in [3.05, 3.63) is 0 Å². The smallest absolute Gasteiger partial charge is 0.407 e. The van der Waals surface area contributed by atoms with Crippen molar-refractivity contribution in [1.82, 2.24) is 10.6 Å². The summed E-state index contributed by atoms with van der Waals surface area (Å²) in [6.07, 6.45) is -0.285. The van der Waals surface area contributed by atoms with Crippen molar-refractivity contribution >= 4 is 6.09 Å². The van der Waals surface area contributed by atoms with E-state index in [1.807, 2.05) is 0 Å². The first kappa shape index (κ1) is 6.91. The van der Waals surface area contributed by atoms with Gasteiger partial charge in [0, 0.05) is 19.0 Å². The van der Waals surface area contributed by atoms with Crippen molar-refractivity contribution in [3.8, 4) is 0 Å². The van der Waals surface area contributed by atoms with Crippen LogP contribution in [0.3, 0.4) is 0 Å². The first-order chi connectivity index (χ1) is 5.21. The van der Waals surface area contributed by atoms with Gasteiger partial charge in [0.15, 0.2) is 0 Å². The van der Waals surface area contributed by atoms with E-state index in [0.717, 1.165) is 13.1 Å². The zero-order valence-electron chi connectivity index (χ0n) is 6.52. The highest BCUT2D eigenvalue weighted by Crippen LogP contribution is 2.24. The molecular formula is C7H12N2O2. The van der Waals surface area contributed by atoms with Gasteiger partial charge in [-0.1, -0.05) is 0 Å². The fourth-order valence-electron chi connectivity index (χ4n) is 1.71. The molecule has 0 spiro atoms. The second-order valence-electron chi connectivity index (χ2n) is 3.47. The monoisotopic (exact) mass is 156 g/mol. The van der Waals surface area contributed by atoms with E-state index in [0.29, 0.717) is 12.5 Å². The standard InChI is InChI=1S/C7H12N2O2/c1-7-4-8-2-5(7)3-11-6(10)9-7/h5,8H,2-4H2,1H3,(H,9,10)/t5-,7+/m0/s1. The second kappa shape index (κ2) is 2.11. The Kier molecular flexibility index (Phi) is 1.32. The summed E-state index contributed by atoms with van der Waals surface area (Å²) < 4.78 is 4.87. The van der Waals surface area contributed by atoms with E-state index in [4.69, 9.17) is 4.74 Å². The molecule has 0 aliphatic carbocycles. The third kappa shape index (κ3) is 0.976. The van der Waals surface area contributed by atoms with Crippen LogP contribution in [-0.2, 0) is 4.74 Å². The summed E-state index contributed by atoms with van der Waals surface area (Å²) in [5.74, 6) is 0.431. The zero-order valence-corrected chi connectivity index (χ0v) is 6.52. The molecule has 4 heteroatoms. The molecule has 0 bridgehead atoms. The first-order valence-electron chi connectivity index (χ1n) is 3.86. The molecule has 0 aromatic heterocycles. The highest BCUT2D eigenvalue weighted by Gasteiger charge is 2.43. The molecule has 2 aliphatic heterocycles. The lowest BCUT2D eigenvalue weighted by atomic mass is 9.89. The van der Waals surface area contributed by atoms with Crippen molar-refractivity contribution < 1.29 is 9.53 Å². The van der Waals surface area contributed by atoms with E-state index in [1.165, 1.54) is 0 Å². The SMILES string of the molecule is C[C@@]12CNC[C@H]1COC(=O)N2. The molecule has 2 rings (SSSR count). The third-order valence-electron chi connectivity index (χ3n) is 2.59. The zero-order chi connectivity index (χ0) is 7.90. The summed E-state index contributed by atoms with van der Waals surface area (Å²) in [7, 11) is 0. The molecule has 1 amide bonds. The molecule has 2 aliphatic rings. The second-order valence-corrected chi connectivity index (χ2v) is 3.47. The molecule has 11 heavy (non-hydrogen) atoms. The van der Waals surface area contributed by atoms with Crippen LogP contribution in [0.2, 0.25) is 0 Å². The number of amides is 1. The molecule has 0 saturated carbocycles. The van der Waals surface area contributed by atoms with E-state index < -0.39 is 0 Å². The molecule has 2 fully saturated rings. The number of hydrogen-bond acceptors (Lipinski definition) is 3. The molecule has 2 atom stereocenters. The largest absolute Gasteiger partial charge is 0.449 e. The number of carbonyl (C=O) groups is 1. The van der Waals surface area contributed by atoms with Gasteiger partial charge in [0.25, 0.3) is 0 Å². The van der Waals surface area contributed by atoms with E-state index in [9.17, 15) is 4.79 Å². The number of carbonyl (C=O) groups excluding carboxylic acids is 1. The number of nitrogens with one attached hydrogen (secondary N) is 2. The van der Waals surface area contributed by atoms with E-state index >= 15 is 0 Å². The van der Waals surface area contributed by atoms with Crippen molar-refractivity contribution in [2.24, 2.45) is 5.92 Å². The predicted octanol–water partition coefficient (Wildman–Crippen LogP) is -0.296. The summed E-state index contributed by atoms with van der Waals surface area (Å²) in [5.41, 5.74) is -0.0741. The van der Waals surface area contributed by atoms with E-state index in [2.05, 4.69) is 17.6 Å². The van der Waals surface area contributed by atoms with Gasteiger partial charge in [-0.05, 0) is 6.92 Å². The van der Waals surface area contributed by atoms with Crippen LogP contribution in [0.5, 0.6) is 0 Å². The maximum atomic E-state index is 10.8. The average molecular weight is 156 g/mol. The van der Waals surface area contributed by atoms with Crippen LogP contribution in [0, 0.1) is 5.92 Å². The number of ether oxygens (including phenoxy) is 1. The van der Waals surface area contributed by atoms with Gasteiger partial charge in [0.1, 0.15) is 0 Å². The van der Waals surface area contributed by atoms with Gasteiger partial charge in [-0.2, -0.15) is 0 Å². The van der Waals surface area contributed by atoms with Crippen LogP contribution in [0.1, 0.15) is 6.92 Å². The van der Waals surface area contributed by atoms with Crippen LogP contribution < -0.4 is 10.6 Å². The fourth-order valence-corrected chi connectivity index (χ4v) is 1.71. The van der Waals surface area contributed by atoms with Crippen LogP contribution in [0.25, 0.3) is 0 Å². The lowest BCUT2D eigenvalue weighted by Gasteiger charge is -2.35. The Hall–Kier alpha value is -0.770. The van der Waals surface area contributed by atoms with Gasteiger partial charge in [0.2, 0.25) is 0 Å². The number of rotatable bonds is 0. The van der Waals surface area contributed by atoms with Crippen LogP contribution in [-0.4, -0.2) is 31.3 Å². The van der Waals surface area contributed by atoms with Gasteiger partial charge >= 0.3 is 6.09 Å². The highest BCUT2D eigenvalue weighted by molar-refractivity contribution is 5.69. The van der Waals surface area contributed by atoms with Crippen LogP contribution in [0.15, 0.2) is 0 Å². The summed E-state index contributed by atoms with van der Waals surface area (Å²) in [6.45, 7) is 4.40. The minimum atomic E-state index is -0.285. The maximum Gasteiger partial charge on any atom is 0.407 e. The molecular weight excluding hydrogens is 144 g/mol. The molecule has 0 radical (unpaired) electrons. The number of fused-ring (bicyclic) bond motifs is 1. The summed E-state index contributed by atoms with van der Waals surface area (Å²) in [4.78, 5) is 10.8. The van der Waals surface area contributed by atoms with Crippen molar-refractivity contribution in [2.75, 3.05) is 19.7 Å². The number of alkyl carbamates (subject to hydrolysis) is 1. The first-order valence-corrected chi connectivity index (χ1v) is 3.86. The number of hydrogen-bond donors (Lipinski definition) is 2. The van der Waals surface area contributed by atoms with Gasteiger partial charge in [-0.15, -0.1) is 0 Å². The lowest BCUT2D eigenvalue weighted by molar-refractivity contribution is 0.0686. The van der Waals surface area contributed by atoms with Crippen LogP contribution >= 0.6 is 0 Å². The summed E-state index contributed by atoms with van der Waals surface area (Å²) in [6, 6.07) is 0. The van der Waals surface area contributed by atoms with Crippen molar-refractivity contribution in [2.45, 2.75) is 12.5 Å². The molecule has 0 unspecified atom stereocenters. The van der Waals surface area contributed by atoms with E-state index in [-0.39, 0.29) is 11.6 Å². The minimum absolute atomic E-state index is 0.0741. The van der Waals surface area contributed by atoms with Gasteiger partial charge in [-0.25, -0.2) is 4.79 Å². The summed E-state index contributed by atoms with van der Waals surface area (Å²) in [5, 5.41) is 6.06. The molecule has 0 aromatic carbocycles. The van der Waals surface area contributed by atoms with Gasteiger partial charge in [0.05, 0.1) is 12.1 Å². The van der Waals surface area contributed by atoms with Gasteiger partial charge in [-0.3, -0.25) is 0 Å². The fraction of sp³-hybridized carbons (Fsp3) is 0.857. The Bertz CT molecular complexity index is 195. The van der Waals surface area contributed by atoms with Gasteiger partial charge < -0.3 is 15.4 Å². The third-order valence-corrected chi connectivity index (χ3v) is 2.59. The molecule has 2 N–H and O–H groups in total. The topological polar surface area (TPSA) is 50.4 Å². The molecule has 2 saturated heterocycles. The van der Waals surface area contributed by atoms with Crippen LogP contribution in [0.4, 0.5) is 4.79 Å². The Balaban J connectivity index is 2.16. The van der Waals surface area contributed by atoms with Crippen molar-refractivity contribution in [1.29, 1.82) is 0 Å². The lowest BCUT2D eigenvalue weighted by Crippen LogP contribution is -2.57. The molecule has 0 aromatic rings. The highest BCUT2D eigenvalue weighted by atomic mass is 16.6. The Morgan fingerprint density at radius 1 is 1.73 bits per heavy atom. The summed E-state index contributed by atoms with van der Waals surface area (Å²) >= 11 is 0. The quantitative estimate of drug-likeness (QED) is 0.506. The van der Waals surface area contributed by atoms with E-state index in [1.54, 1.807) is 0 Å². The Morgan fingerprint density at radius 2 is 2.55 bits per heavy atom. The predicted molar refractivity (Wildman–Crippen MR) is 39.2 cm³/mol. The van der Waals surface area contributed by atoms with Crippen molar-refractivity contribution in [3.63, 3.8) is 0 Å². The molecule has 4 nitrogen and oxygen atoms in total. The normalized spacial score (nSPS) is 42.6. The Morgan fingerprint density at radius 3 is 3.36 bits per heavy atom. The Labute approximate surface area is 65.3 Å². The minimum Gasteiger partial charge on any atom is -0.449 e. The molecule has 2 heterocycles. The number of cyclic esters (lactones) is 1.